The summed E-state index contributed by atoms with van der Waals surface area (Å²) < 4.78 is 7.83. The lowest BCUT2D eigenvalue weighted by molar-refractivity contribution is -0.0249. The highest BCUT2D eigenvalue weighted by molar-refractivity contribution is 5.81. The summed E-state index contributed by atoms with van der Waals surface area (Å²) in [6.45, 7) is 5.01. The van der Waals surface area contributed by atoms with E-state index in [1.54, 1.807) is 12.7 Å². The molecule has 31 heavy (non-hydrogen) atoms. The fourth-order valence-electron chi connectivity index (χ4n) is 7.87. The summed E-state index contributed by atoms with van der Waals surface area (Å²) in [6, 6.07) is 6.17. The zero-order chi connectivity index (χ0) is 21.4. The van der Waals surface area contributed by atoms with Crippen molar-refractivity contribution in [3.8, 4) is 5.75 Å². The molecule has 4 heteroatoms. The van der Waals surface area contributed by atoms with Gasteiger partial charge >= 0.3 is 0 Å². The molecule has 4 aliphatic carbocycles. The van der Waals surface area contributed by atoms with Crippen LogP contribution in [0.1, 0.15) is 58.8 Å². The third-order valence-electron chi connectivity index (χ3n) is 9.63. The monoisotopic (exact) mass is 418 g/mol. The summed E-state index contributed by atoms with van der Waals surface area (Å²) in [4.78, 5) is 4.69. The highest BCUT2D eigenvalue weighted by Gasteiger charge is 2.57. The number of hydrogen-bond acceptors (Lipinski definition) is 3. The van der Waals surface area contributed by atoms with Crippen molar-refractivity contribution >= 4 is 16.7 Å². The lowest BCUT2D eigenvalue weighted by atomic mass is 9.48. The van der Waals surface area contributed by atoms with Crippen LogP contribution in [0.25, 0.3) is 16.7 Å². The van der Waals surface area contributed by atoms with Gasteiger partial charge in [0.2, 0.25) is 0 Å². The van der Waals surface area contributed by atoms with E-state index >= 15 is 0 Å². The minimum absolute atomic E-state index is 0.129. The first-order chi connectivity index (χ1) is 14.9. The molecule has 1 heterocycles. The van der Waals surface area contributed by atoms with Crippen molar-refractivity contribution in [2.75, 3.05) is 7.11 Å². The molecule has 0 radical (unpaired) electrons. The Labute approximate surface area is 185 Å². The number of methoxy groups -OCH3 is 1. The molecule has 6 rings (SSSR count). The van der Waals surface area contributed by atoms with Gasteiger partial charge in [0.05, 0.1) is 24.2 Å². The predicted octanol–water partition coefficient (Wildman–Crippen LogP) is 5.82. The van der Waals surface area contributed by atoms with Crippen molar-refractivity contribution in [1.29, 1.82) is 0 Å². The van der Waals surface area contributed by atoms with Crippen molar-refractivity contribution in [1.82, 2.24) is 9.55 Å². The average molecular weight is 419 g/mol. The van der Waals surface area contributed by atoms with Crippen LogP contribution in [0.4, 0.5) is 0 Å². The van der Waals surface area contributed by atoms with Crippen molar-refractivity contribution in [2.24, 2.45) is 28.6 Å². The van der Waals surface area contributed by atoms with Gasteiger partial charge in [0.25, 0.3) is 0 Å². The molecule has 0 bridgehead atoms. The number of nitrogens with zero attached hydrogens (tertiary/aromatic N) is 2. The normalized spacial score (nSPS) is 39.4. The van der Waals surface area contributed by atoms with E-state index in [9.17, 15) is 5.11 Å². The van der Waals surface area contributed by atoms with Crippen LogP contribution in [-0.2, 0) is 0 Å². The topological polar surface area (TPSA) is 47.3 Å². The first-order valence-electron chi connectivity index (χ1n) is 12.0. The second-order valence-electron chi connectivity index (χ2n) is 10.9. The number of ether oxygens (including phenoxy) is 1. The summed E-state index contributed by atoms with van der Waals surface area (Å²) in [5.74, 6) is 3.06. The number of rotatable bonds is 2. The van der Waals surface area contributed by atoms with Crippen LogP contribution in [0.5, 0.6) is 5.75 Å². The fourth-order valence-corrected chi connectivity index (χ4v) is 7.87. The smallest absolute Gasteiger partial charge is 0.121 e. The third kappa shape index (κ3) is 2.67. The van der Waals surface area contributed by atoms with E-state index < -0.39 is 0 Å². The number of aromatic nitrogens is 2. The maximum absolute atomic E-state index is 10.2. The number of imidazole rings is 1. The van der Waals surface area contributed by atoms with Crippen LogP contribution in [0, 0.1) is 28.6 Å². The number of aliphatic hydroxyl groups is 1. The van der Waals surface area contributed by atoms with Gasteiger partial charge in [0.1, 0.15) is 12.1 Å². The van der Waals surface area contributed by atoms with Crippen molar-refractivity contribution in [3.63, 3.8) is 0 Å². The molecule has 1 aromatic carbocycles. The zero-order valence-corrected chi connectivity index (χ0v) is 19.0. The fraction of sp³-hybridized carbons (Fsp3) is 0.593. The quantitative estimate of drug-likeness (QED) is 0.625. The van der Waals surface area contributed by atoms with Gasteiger partial charge < -0.3 is 14.4 Å². The molecule has 1 N–H and O–H groups in total. The largest absolute Gasteiger partial charge is 0.497 e. The molecule has 2 aromatic rings. The van der Waals surface area contributed by atoms with E-state index in [0.29, 0.717) is 11.3 Å². The minimum Gasteiger partial charge on any atom is -0.497 e. The van der Waals surface area contributed by atoms with Crippen molar-refractivity contribution in [3.05, 3.63) is 42.3 Å². The maximum Gasteiger partial charge on any atom is 0.121 e. The Balaban J connectivity index is 1.36. The molecular formula is C27H34N2O2. The average Bonchev–Trinajstić information content (AvgIpc) is 3.33. The number of hydrogen-bond donors (Lipinski definition) is 1. The van der Waals surface area contributed by atoms with E-state index in [2.05, 4.69) is 42.7 Å². The number of benzene rings is 1. The maximum atomic E-state index is 10.2. The third-order valence-corrected chi connectivity index (χ3v) is 9.63. The molecule has 4 nitrogen and oxygen atoms in total. The first-order valence-corrected chi connectivity index (χ1v) is 12.0. The molecule has 0 saturated heterocycles. The highest BCUT2D eigenvalue weighted by Crippen LogP contribution is 2.65. The molecule has 2 fully saturated rings. The molecule has 2 saturated carbocycles. The van der Waals surface area contributed by atoms with Crippen LogP contribution >= 0.6 is 0 Å². The summed E-state index contributed by atoms with van der Waals surface area (Å²) in [5, 5.41) is 10.2. The standard InChI is InChI=1S/C27H34N2O2/c1-26-12-10-18(30)14-17(26)4-6-20-21-7-9-25(27(21,2)13-11-22(20)26)29-16-28-23-8-5-19(31-3)15-24(23)29/h4-5,8-9,15-16,18,20-22,30H,6-7,10-14H2,1-3H3/t18-,20-,21-,22-,26-,27-/m0/s1. The molecule has 1 aromatic heterocycles. The molecule has 0 aliphatic heterocycles. The Kier molecular flexibility index (Phi) is 4.25. The van der Waals surface area contributed by atoms with Gasteiger partial charge in [-0.1, -0.05) is 31.6 Å². The predicted molar refractivity (Wildman–Crippen MR) is 124 cm³/mol. The molecule has 0 unspecified atom stereocenters. The summed E-state index contributed by atoms with van der Waals surface area (Å²) in [6.07, 6.45) is 14.8. The van der Waals surface area contributed by atoms with E-state index in [0.717, 1.165) is 47.9 Å². The van der Waals surface area contributed by atoms with Gasteiger partial charge in [-0.15, -0.1) is 0 Å². The Morgan fingerprint density at radius 3 is 2.74 bits per heavy atom. The van der Waals surface area contributed by atoms with E-state index in [-0.39, 0.29) is 11.5 Å². The summed E-state index contributed by atoms with van der Waals surface area (Å²) in [7, 11) is 1.73. The Hall–Kier alpha value is -2.07. The van der Waals surface area contributed by atoms with Crippen molar-refractivity contribution < 1.29 is 9.84 Å². The van der Waals surface area contributed by atoms with Crippen LogP contribution in [0.2, 0.25) is 0 Å². The van der Waals surface area contributed by atoms with Crippen LogP contribution in [0.3, 0.4) is 0 Å². The Morgan fingerprint density at radius 1 is 1.06 bits per heavy atom. The zero-order valence-electron chi connectivity index (χ0n) is 19.0. The van der Waals surface area contributed by atoms with Gasteiger partial charge in [0, 0.05) is 17.2 Å². The van der Waals surface area contributed by atoms with E-state index in [4.69, 9.17) is 9.72 Å². The van der Waals surface area contributed by atoms with Crippen LogP contribution in [-0.4, -0.2) is 27.9 Å². The minimum atomic E-state index is -0.129. The van der Waals surface area contributed by atoms with Crippen LogP contribution in [0.15, 0.2) is 42.3 Å². The van der Waals surface area contributed by atoms with E-state index in [1.807, 2.05) is 12.4 Å². The lowest BCUT2D eigenvalue weighted by Gasteiger charge is -2.57. The Morgan fingerprint density at radius 2 is 1.90 bits per heavy atom. The first kappa shape index (κ1) is 19.6. The highest BCUT2D eigenvalue weighted by atomic mass is 16.5. The molecule has 164 valence electrons. The van der Waals surface area contributed by atoms with Crippen molar-refractivity contribution in [2.45, 2.75) is 64.9 Å². The number of allylic oxidation sites excluding steroid dienone is 3. The second-order valence-corrected chi connectivity index (χ2v) is 10.9. The van der Waals surface area contributed by atoms with E-state index in [1.165, 1.54) is 31.4 Å². The lowest BCUT2D eigenvalue weighted by Crippen LogP contribution is -2.50. The van der Waals surface area contributed by atoms with Gasteiger partial charge in [-0.3, -0.25) is 0 Å². The molecular weight excluding hydrogens is 384 g/mol. The molecule has 4 aliphatic rings. The molecule has 6 atom stereocenters. The Bertz CT molecular complexity index is 1100. The summed E-state index contributed by atoms with van der Waals surface area (Å²) in [5.41, 5.74) is 5.64. The van der Waals surface area contributed by atoms with Gasteiger partial charge in [-0.05, 0) is 80.2 Å². The van der Waals surface area contributed by atoms with Gasteiger partial charge in [-0.2, -0.15) is 0 Å². The second kappa shape index (κ2) is 6.71. The molecule has 0 amide bonds. The summed E-state index contributed by atoms with van der Waals surface area (Å²) >= 11 is 0. The number of aliphatic hydroxyl groups excluding tert-OH is 1. The van der Waals surface area contributed by atoms with Gasteiger partial charge in [0.15, 0.2) is 0 Å². The molecule has 0 spiro atoms. The van der Waals surface area contributed by atoms with Gasteiger partial charge in [-0.25, -0.2) is 4.98 Å². The van der Waals surface area contributed by atoms with Crippen LogP contribution < -0.4 is 4.74 Å². The number of fused-ring (bicyclic) bond motifs is 6. The SMILES string of the molecule is COc1ccc2ncn(C3=CC[C@H]4[C@@H]5CC=C6C[C@@H](O)CC[C@]6(C)[C@H]5CC[C@]34C)c2c1.